The molecule has 5 aromatic rings. The molecule has 130 valence electrons. The Bertz CT molecular complexity index is 1190. The fourth-order valence-electron chi connectivity index (χ4n) is 3.05. The molecule has 0 spiro atoms. The van der Waals surface area contributed by atoms with Crippen LogP contribution in [0.15, 0.2) is 61.1 Å². The van der Waals surface area contributed by atoms with Crippen LogP contribution in [0.25, 0.3) is 33.7 Å². The minimum Gasteiger partial charge on any atom is -0.342 e. The van der Waals surface area contributed by atoms with Gasteiger partial charge in [0, 0.05) is 12.0 Å². The summed E-state index contributed by atoms with van der Waals surface area (Å²) in [7, 11) is 0. The zero-order valence-corrected chi connectivity index (χ0v) is 14.2. The molecule has 0 saturated carbocycles. The maximum Gasteiger partial charge on any atom is 0.205 e. The first-order valence-electron chi connectivity index (χ1n) is 8.44. The molecule has 0 saturated heterocycles. The Hall–Kier alpha value is -3.94. The van der Waals surface area contributed by atoms with Crippen LogP contribution in [0.5, 0.6) is 0 Å². The minimum atomic E-state index is 0.579. The third kappa shape index (κ3) is 2.93. The summed E-state index contributed by atoms with van der Waals surface area (Å²) in [6.07, 6.45) is 4.04. The molecular weight excluding hydrogens is 340 g/mol. The van der Waals surface area contributed by atoms with Gasteiger partial charge >= 0.3 is 0 Å². The first-order valence-corrected chi connectivity index (χ1v) is 8.44. The van der Waals surface area contributed by atoms with Crippen LogP contribution in [0.2, 0.25) is 0 Å². The van der Waals surface area contributed by atoms with E-state index in [4.69, 9.17) is 0 Å². The van der Waals surface area contributed by atoms with E-state index in [0.29, 0.717) is 17.9 Å². The van der Waals surface area contributed by atoms with Crippen molar-refractivity contribution in [3.8, 4) is 22.5 Å². The van der Waals surface area contributed by atoms with Crippen molar-refractivity contribution in [1.29, 1.82) is 0 Å². The number of hydrogen-bond donors (Lipinski definition) is 2. The lowest BCUT2D eigenvalue weighted by molar-refractivity contribution is 0.881. The highest BCUT2D eigenvalue weighted by atomic mass is 15.5. The second kappa shape index (κ2) is 6.41. The average Bonchev–Trinajstić information content (AvgIpc) is 3.40. The van der Waals surface area contributed by atoms with E-state index in [2.05, 4.69) is 70.9 Å². The summed E-state index contributed by atoms with van der Waals surface area (Å²) in [4.78, 5) is 16.1. The monoisotopic (exact) mass is 354 g/mol. The molecule has 0 bridgehead atoms. The molecule has 2 aromatic carbocycles. The lowest BCUT2D eigenvalue weighted by Gasteiger charge is -2.08. The van der Waals surface area contributed by atoms with Gasteiger partial charge in [-0.05, 0) is 21.9 Å². The van der Waals surface area contributed by atoms with Gasteiger partial charge in [-0.3, -0.25) is 0 Å². The standard InChI is InChI=1S/C19H14N8/c1-2-4-15(18-24-26-27-25-18)14(3-1)13-7-5-12(6-8-13)9-17-20-10-16-19(23-17)22-11-21-16/h1-8,10-11H,9H2,(H,20,21,22,23)(H,24,25,26,27). The first-order chi connectivity index (χ1) is 13.4. The fourth-order valence-corrected chi connectivity index (χ4v) is 3.05. The number of H-pyrrole nitrogens is 2. The van der Waals surface area contributed by atoms with Crippen LogP contribution in [0.3, 0.4) is 0 Å². The third-order valence-corrected chi connectivity index (χ3v) is 4.37. The Balaban J connectivity index is 1.44. The Morgan fingerprint density at radius 1 is 0.889 bits per heavy atom. The molecule has 0 aliphatic heterocycles. The van der Waals surface area contributed by atoms with Gasteiger partial charge in [-0.25, -0.2) is 15.0 Å². The van der Waals surface area contributed by atoms with Crippen molar-refractivity contribution in [2.24, 2.45) is 0 Å². The SMILES string of the molecule is c1ccc(-c2nn[nH]n2)c(-c2ccc(Cc3ncc4[nH]cnc4n3)cc2)c1. The van der Waals surface area contributed by atoms with Crippen LogP contribution in [-0.2, 0) is 6.42 Å². The molecular formula is C19H14N8. The van der Waals surface area contributed by atoms with Gasteiger partial charge in [-0.1, -0.05) is 48.5 Å². The van der Waals surface area contributed by atoms with Crippen molar-refractivity contribution in [3.63, 3.8) is 0 Å². The summed E-state index contributed by atoms with van der Waals surface area (Å²) in [6, 6.07) is 16.3. The number of rotatable bonds is 4. The molecule has 2 N–H and O–H groups in total. The van der Waals surface area contributed by atoms with Crippen molar-refractivity contribution in [3.05, 3.63) is 72.4 Å². The zero-order valence-electron chi connectivity index (χ0n) is 14.2. The van der Waals surface area contributed by atoms with E-state index in [1.54, 1.807) is 12.5 Å². The van der Waals surface area contributed by atoms with Crippen molar-refractivity contribution in [1.82, 2.24) is 40.6 Å². The molecule has 0 aliphatic rings. The Morgan fingerprint density at radius 3 is 2.56 bits per heavy atom. The van der Waals surface area contributed by atoms with Crippen LogP contribution in [-0.4, -0.2) is 40.6 Å². The molecule has 0 atom stereocenters. The Labute approximate surface area is 153 Å². The predicted octanol–water partition coefficient (Wildman–Crippen LogP) is 2.79. The number of aromatic amines is 2. The van der Waals surface area contributed by atoms with Crippen LogP contribution >= 0.6 is 0 Å². The van der Waals surface area contributed by atoms with E-state index in [1.165, 1.54) is 0 Å². The van der Waals surface area contributed by atoms with Crippen LogP contribution in [0.4, 0.5) is 0 Å². The highest BCUT2D eigenvalue weighted by Crippen LogP contribution is 2.29. The number of nitrogens with one attached hydrogen (secondary N) is 2. The number of benzene rings is 2. The summed E-state index contributed by atoms with van der Waals surface area (Å²) < 4.78 is 0. The van der Waals surface area contributed by atoms with Gasteiger partial charge in [0.15, 0.2) is 5.65 Å². The summed E-state index contributed by atoms with van der Waals surface area (Å²) >= 11 is 0. The summed E-state index contributed by atoms with van der Waals surface area (Å²) in [5, 5.41) is 14.3. The lowest BCUT2D eigenvalue weighted by Crippen LogP contribution is -1.96. The van der Waals surface area contributed by atoms with Gasteiger partial charge < -0.3 is 4.98 Å². The van der Waals surface area contributed by atoms with Gasteiger partial charge in [0.25, 0.3) is 0 Å². The molecule has 8 heteroatoms. The van der Waals surface area contributed by atoms with E-state index >= 15 is 0 Å². The largest absolute Gasteiger partial charge is 0.342 e. The highest BCUT2D eigenvalue weighted by Gasteiger charge is 2.11. The number of imidazole rings is 1. The second-order valence-corrected chi connectivity index (χ2v) is 6.08. The molecule has 0 radical (unpaired) electrons. The first kappa shape index (κ1) is 15.3. The fraction of sp³-hybridized carbons (Fsp3) is 0.0526. The molecule has 5 rings (SSSR count). The minimum absolute atomic E-state index is 0.579. The van der Waals surface area contributed by atoms with Crippen LogP contribution in [0, 0.1) is 0 Å². The molecule has 0 aliphatic carbocycles. The quantitative estimate of drug-likeness (QED) is 0.514. The molecule has 8 nitrogen and oxygen atoms in total. The van der Waals surface area contributed by atoms with E-state index in [-0.39, 0.29) is 0 Å². The molecule has 3 aromatic heterocycles. The highest BCUT2D eigenvalue weighted by molar-refractivity contribution is 5.80. The summed E-state index contributed by atoms with van der Waals surface area (Å²) in [5.41, 5.74) is 5.73. The van der Waals surface area contributed by atoms with E-state index in [9.17, 15) is 0 Å². The predicted molar refractivity (Wildman–Crippen MR) is 99.5 cm³/mol. The molecule has 0 fully saturated rings. The Kier molecular flexibility index (Phi) is 3.64. The summed E-state index contributed by atoms with van der Waals surface area (Å²) in [6.45, 7) is 0. The van der Waals surface area contributed by atoms with Gasteiger partial charge in [0.05, 0.1) is 12.5 Å². The van der Waals surface area contributed by atoms with Gasteiger partial charge in [0.2, 0.25) is 5.82 Å². The maximum atomic E-state index is 4.48. The van der Waals surface area contributed by atoms with Gasteiger partial charge in [0.1, 0.15) is 11.3 Å². The number of tetrazole rings is 1. The smallest absolute Gasteiger partial charge is 0.205 e. The van der Waals surface area contributed by atoms with E-state index < -0.39 is 0 Å². The molecule has 3 heterocycles. The summed E-state index contributed by atoms with van der Waals surface area (Å²) in [5.74, 6) is 1.32. The maximum absolute atomic E-state index is 4.48. The zero-order chi connectivity index (χ0) is 18.1. The van der Waals surface area contributed by atoms with Gasteiger partial charge in [-0.2, -0.15) is 5.21 Å². The second-order valence-electron chi connectivity index (χ2n) is 6.08. The van der Waals surface area contributed by atoms with Crippen molar-refractivity contribution >= 4 is 11.2 Å². The molecule has 27 heavy (non-hydrogen) atoms. The number of hydrogen-bond acceptors (Lipinski definition) is 6. The molecule has 0 amide bonds. The van der Waals surface area contributed by atoms with Crippen molar-refractivity contribution in [2.45, 2.75) is 6.42 Å². The average molecular weight is 354 g/mol. The number of aromatic nitrogens is 8. The Morgan fingerprint density at radius 2 is 1.74 bits per heavy atom. The van der Waals surface area contributed by atoms with Crippen LogP contribution < -0.4 is 0 Å². The number of nitrogens with zero attached hydrogens (tertiary/aromatic N) is 6. The lowest BCUT2D eigenvalue weighted by atomic mass is 9.98. The van der Waals surface area contributed by atoms with Crippen molar-refractivity contribution in [2.75, 3.05) is 0 Å². The molecule has 0 unspecified atom stereocenters. The topological polar surface area (TPSA) is 109 Å². The van der Waals surface area contributed by atoms with E-state index in [0.717, 1.165) is 33.6 Å². The van der Waals surface area contributed by atoms with Gasteiger partial charge in [-0.15, -0.1) is 10.2 Å². The third-order valence-electron chi connectivity index (χ3n) is 4.37. The normalized spacial score (nSPS) is 11.1. The van der Waals surface area contributed by atoms with E-state index in [1.807, 2.05) is 18.2 Å². The number of fused-ring (bicyclic) bond motifs is 1. The van der Waals surface area contributed by atoms with Crippen LogP contribution in [0.1, 0.15) is 11.4 Å². The van der Waals surface area contributed by atoms with Crippen molar-refractivity contribution < 1.29 is 0 Å².